The summed E-state index contributed by atoms with van der Waals surface area (Å²) in [5, 5.41) is 0. The van der Waals surface area contributed by atoms with E-state index in [1.165, 1.54) is 0 Å². The van der Waals surface area contributed by atoms with Crippen molar-refractivity contribution >= 4 is 6.98 Å². The Balaban J connectivity index is 2.84. The molecule has 96 valence electrons. The van der Waals surface area contributed by atoms with Gasteiger partial charge < -0.3 is 17.7 Å². The number of halogens is 3. The van der Waals surface area contributed by atoms with Gasteiger partial charge in [0.15, 0.2) is 0 Å². The summed E-state index contributed by atoms with van der Waals surface area (Å²) in [6.45, 7) is 1.84. The average molecular weight is 245 g/mol. The van der Waals surface area contributed by atoms with E-state index in [0.29, 0.717) is 5.75 Å². The second-order valence-corrected chi connectivity index (χ2v) is 5.25. The smallest absolute Gasteiger partial charge is 0.515 e. The first-order valence-corrected chi connectivity index (χ1v) is 5.54. The van der Waals surface area contributed by atoms with Crippen LogP contribution in [0.5, 0.6) is 5.75 Å². The third-order valence-electron chi connectivity index (χ3n) is 2.47. The van der Waals surface area contributed by atoms with Crippen LogP contribution in [0.4, 0.5) is 12.9 Å². The van der Waals surface area contributed by atoms with E-state index in [2.05, 4.69) is 20.8 Å². The second kappa shape index (κ2) is 4.63. The Morgan fingerprint density at radius 1 is 1.18 bits per heavy atom. The highest BCUT2D eigenvalue weighted by molar-refractivity contribution is 6.58. The Kier molecular flexibility index (Phi) is 3.79. The Hall–Kier alpha value is -1.13. The fourth-order valence-electron chi connectivity index (χ4n) is 1.46. The fraction of sp³-hybridized carbons (Fsp3) is 0.500. The van der Waals surface area contributed by atoms with Gasteiger partial charge in [-0.25, -0.2) is 0 Å². The molecule has 1 nitrogen and oxygen atoms in total. The minimum absolute atomic E-state index is 0.0166. The summed E-state index contributed by atoms with van der Waals surface area (Å²) in [6, 6.07) is 5.29. The van der Waals surface area contributed by atoms with Gasteiger partial charge >= 0.3 is 6.98 Å². The number of ether oxygens (including phenoxy) is 1. The van der Waals surface area contributed by atoms with Crippen LogP contribution >= 0.6 is 0 Å². The van der Waals surface area contributed by atoms with Crippen molar-refractivity contribution < 1.29 is 17.7 Å². The number of hydrogen-bond donors (Lipinski definition) is 0. The lowest BCUT2D eigenvalue weighted by Gasteiger charge is -2.21. The lowest BCUT2D eigenvalue weighted by Crippen LogP contribution is -2.26. The van der Waals surface area contributed by atoms with Gasteiger partial charge in [-0.1, -0.05) is 32.9 Å². The van der Waals surface area contributed by atoms with E-state index in [-0.39, 0.29) is 5.41 Å². The summed E-state index contributed by atoms with van der Waals surface area (Å²) in [7, 11) is 0. The molecule has 0 fully saturated rings. The van der Waals surface area contributed by atoms with Crippen molar-refractivity contribution in [3.63, 3.8) is 0 Å². The van der Waals surface area contributed by atoms with Crippen molar-refractivity contribution in [1.29, 1.82) is 0 Å². The van der Waals surface area contributed by atoms with Crippen LogP contribution in [0.3, 0.4) is 0 Å². The first kappa shape index (κ1) is 13.9. The number of aryl methyl sites for hydroxylation is 1. The topological polar surface area (TPSA) is 9.23 Å². The lowest BCUT2D eigenvalue weighted by atomic mass is 9.86. The van der Waals surface area contributed by atoms with E-state index in [4.69, 9.17) is 4.74 Å². The maximum atomic E-state index is 12.1. The molecule has 1 aromatic carbocycles. The molecule has 0 aliphatic heterocycles. The van der Waals surface area contributed by atoms with Crippen LogP contribution in [-0.2, 0) is 5.41 Å². The standard InChI is InChI=1S/C12H17BF3O/c1-9-7-10(12(2,3)4)5-6-11(9)17-8-13(14,15)16/h5-7H,8H2,1-4H3/q-1. The predicted molar refractivity (Wildman–Crippen MR) is 64.5 cm³/mol. The highest BCUT2D eigenvalue weighted by atomic mass is 19.4. The molecule has 0 aliphatic carbocycles. The molecule has 0 radical (unpaired) electrons. The highest BCUT2D eigenvalue weighted by Gasteiger charge is 2.24. The van der Waals surface area contributed by atoms with Gasteiger partial charge in [0, 0.05) is 0 Å². The van der Waals surface area contributed by atoms with Gasteiger partial charge in [0.1, 0.15) is 5.75 Å². The summed E-state index contributed by atoms with van der Waals surface area (Å²) in [5.41, 5.74) is 1.80. The van der Waals surface area contributed by atoms with Crippen molar-refractivity contribution in [1.82, 2.24) is 0 Å². The van der Waals surface area contributed by atoms with E-state index in [1.807, 2.05) is 12.1 Å². The highest BCUT2D eigenvalue weighted by Crippen LogP contribution is 2.28. The zero-order chi connectivity index (χ0) is 13.3. The number of hydrogen-bond acceptors (Lipinski definition) is 1. The van der Waals surface area contributed by atoms with Crippen molar-refractivity contribution in [2.45, 2.75) is 33.1 Å². The maximum absolute atomic E-state index is 12.1. The van der Waals surface area contributed by atoms with E-state index < -0.39 is 13.5 Å². The number of rotatable bonds is 3. The maximum Gasteiger partial charge on any atom is 0.515 e. The van der Waals surface area contributed by atoms with Gasteiger partial charge in [-0.2, -0.15) is 0 Å². The van der Waals surface area contributed by atoms with Crippen LogP contribution in [0, 0.1) is 6.92 Å². The molecular weight excluding hydrogens is 228 g/mol. The van der Waals surface area contributed by atoms with Crippen molar-refractivity contribution in [2.24, 2.45) is 0 Å². The van der Waals surface area contributed by atoms with Crippen molar-refractivity contribution in [3.05, 3.63) is 29.3 Å². The largest absolute Gasteiger partial charge is 0.521 e. The molecule has 0 amide bonds. The molecule has 0 unspecified atom stereocenters. The molecule has 0 heterocycles. The summed E-state index contributed by atoms with van der Waals surface area (Å²) >= 11 is 0. The molecule has 0 N–H and O–H groups in total. The monoisotopic (exact) mass is 245 g/mol. The molecule has 1 aromatic rings. The first-order valence-electron chi connectivity index (χ1n) is 5.54. The van der Waals surface area contributed by atoms with Crippen LogP contribution < -0.4 is 4.74 Å². The average Bonchev–Trinajstić information content (AvgIpc) is 2.12. The third kappa shape index (κ3) is 4.33. The molecule has 5 heteroatoms. The van der Waals surface area contributed by atoms with E-state index >= 15 is 0 Å². The van der Waals surface area contributed by atoms with Crippen molar-refractivity contribution in [3.8, 4) is 5.75 Å². The Labute approximate surface area is 100 Å². The van der Waals surface area contributed by atoms with Crippen LogP contribution in [0.2, 0.25) is 0 Å². The van der Waals surface area contributed by atoms with E-state index in [9.17, 15) is 12.9 Å². The Morgan fingerprint density at radius 3 is 2.18 bits per heavy atom. The van der Waals surface area contributed by atoms with Gasteiger partial charge in [0.25, 0.3) is 0 Å². The summed E-state index contributed by atoms with van der Waals surface area (Å²) < 4.78 is 41.0. The lowest BCUT2D eigenvalue weighted by molar-refractivity contribution is 0.311. The molecule has 0 spiro atoms. The van der Waals surface area contributed by atoms with Gasteiger partial charge in [0.05, 0.1) is 6.51 Å². The molecule has 0 aliphatic rings. The van der Waals surface area contributed by atoms with Gasteiger partial charge in [-0.05, 0) is 29.5 Å². The summed E-state index contributed by atoms with van der Waals surface area (Å²) in [4.78, 5) is 0. The van der Waals surface area contributed by atoms with Gasteiger partial charge in [-0.3, -0.25) is 0 Å². The Morgan fingerprint density at radius 2 is 1.76 bits per heavy atom. The minimum Gasteiger partial charge on any atom is -0.521 e. The molecule has 0 aromatic heterocycles. The van der Waals surface area contributed by atoms with Crippen LogP contribution in [0.25, 0.3) is 0 Å². The van der Waals surface area contributed by atoms with Gasteiger partial charge in [0.2, 0.25) is 0 Å². The van der Waals surface area contributed by atoms with E-state index in [1.54, 1.807) is 13.0 Å². The Bertz CT molecular complexity index is 394. The molecule has 0 atom stereocenters. The fourth-order valence-corrected chi connectivity index (χ4v) is 1.46. The van der Waals surface area contributed by atoms with Crippen LogP contribution in [0.15, 0.2) is 18.2 Å². The quantitative estimate of drug-likeness (QED) is 0.729. The minimum atomic E-state index is -4.90. The molecule has 0 saturated carbocycles. The second-order valence-electron chi connectivity index (χ2n) is 5.25. The molecular formula is C12H17BF3O-. The summed E-state index contributed by atoms with van der Waals surface area (Å²) in [6.07, 6.45) is 0. The molecule has 1 rings (SSSR count). The summed E-state index contributed by atoms with van der Waals surface area (Å²) in [5.74, 6) is 0.303. The number of benzene rings is 1. The molecule has 0 bridgehead atoms. The predicted octanol–water partition coefficient (Wildman–Crippen LogP) is 4.06. The van der Waals surface area contributed by atoms with E-state index in [0.717, 1.165) is 11.1 Å². The first-order chi connectivity index (χ1) is 7.59. The zero-order valence-electron chi connectivity index (χ0n) is 10.6. The third-order valence-corrected chi connectivity index (χ3v) is 2.47. The normalized spacial score (nSPS) is 12.6. The molecule has 0 saturated heterocycles. The SMILES string of the molecule is Cc1cc(C(C)(C)C)ccc1OC[B-](F)(F)F. The van der Waals surface area contributed by atoms with Crippen LogP contribution in [0.1, 0.15) is 31.9 Å². The van der Waals surface area contributed by atoms with Gasteiger partial charge in [-0.15, -0.1) is 0 Å². The molecule has 17 heavy (non-hydrogen) atoms. The van der Waals surface area contributed by atoms with Crippen molar-refractivity contribution in [2.75, 3.05) is 6.51 Å². The van der Waals surface area contributed by atoms with Crippen LogP contribution in [-0.4, -0.2) is 13.5 Å². The zero-order valence-corrected chi connectivity index (χ0v) is 10.6.